The van der Waals surface area contributed by atoms with Crippen LogP contribution in [0.4, 0.5) is 0 Å². The van der Waals surface area contributed by atoms with Crippen LogP contribution in [0.3, 0.4) is 0 Å². The number of carbonyl (C=O) groups excluding carboxylic acids is 1. The predicted molar refractivity (Wildman–Crippen MR) is 87.0 cm³/mol. The SMILES string of the molecule is CCn1cc(CC(=O)N2CCC(c3cccc(Cl)c3)C2)cn1. The Kier molecular flexibility index (Phi) is 4.48. The molecule has 1 unspecified atom stereocenters. The maximum atomic E-state index is 12.4. The Morgan fingerprint density at radius 3 is 3.05 bits per heavy atom. The summed E-state index contributed by atoms with van der Waals surface area (Å²) in [4.78, 5) is 14.4. The van der Waals surface area contributed by atoms with Crippen LogP contribution in [0.1, 0.15) is 30.4 Å². The predicted octanol–water partition coefficient (Wildman–Crippen LogP) is 3.12. The smallest absolute Gasteiger partial charge is 0.227 e. The zero-order valence-corrected chi connectivity index (χ0v) is 13.5. The molecule has 1 aromatic heterocycles. The van der Waals surface area contributed by atoms with Crippen molar-refractivity contribution in [3.63, 3.8) is 0 Å². The molecule has 1 amide bonds. The summed E-state index contributed by atoms with van der Waals surface area (Å²) in [5.74, 6) is 0.571. The number of aromatic nitrogens is 2. The summed E-state index contributed by atoms with van der Waals surface area (Å²) in [6.07, 6.45) is 5.16. The van der Waals surface area contributed by atoms with Crippen LogP contribution in [0.15, 0.2) is 36.7 Å². The van der Waals surface area contributed by atoms with Gasteiger partial charge in [0, 0.05) is 36.8 Å². The molecule has 0 N–H and O–H groups in total. The number of nitrogens with zero attached hydrogens (tertiary/aromatic N) is 3. The van der Waals surface area contributed by atoms with Gasteiger partial charge in [0.1, 0.15) is 0 Å². The van der Waals surface area contributed by atoms with E-state index in [-0.39, 0.29) is 5.91 Å². The molecule has 116 valence electrons. The molecular formula is C17H20ClN3O. The van der Waals surface area contributed by atoms with Crippen LogP contribution in [-0.4, -0.2) is 33.7 Å². The molecule has 0 bridgehead atoms. The van der Waals surface area contributed by atoms with E-state index < -0.39 is 0 Å². The van der Waals surface area contributed by atoms with Crippen molar-refractivity contribution in [1.29, 1.82) is 0 Å². The molecular weight excluding hydrogens is 298 g/mol. The van der Waals surface area contributed by atoms with E-state index in [0.29, 0.717) is 12.3 Å². The summed E-state index contributed by atoms with van der Waals surface area (Å²) in [5.41, 5.74) is 2.21. The van der Waals surface area contributed by atoms with Crippen LogP contribution in [0.2, 0.25) is 5.02 Å². The van der Waals surface area contributed by atoms with Gasteiger partial charge in [0.05, 0.1) is 12.6 Å². The van der Waals surface area contributed by atoms with Crippen molar-refractivity contribution in [3.05, 3.63) is 52.8 Å². The van der Waals surface area contributed by atoms with E-state index >= 15 is 0 Å². The molecule has 22 heavy (non-hydrogen) atoms. The second-order valence-corrected chi connectivity index (χ2v) is 6.20. The van der Waals surface area contributed by atoms with E-state index in [9.17, 15) is 4.79 Å². The fourth-order valence-corrected chi connectivity index (χ4v) is 3.18. The molecule has 3 rings (SSSR count). The first kappa shape index (κ1) is 15.1. The van der Waals surface area contributed by atoms with Crippen molar-refractivity contribution in [1.82, 2.24) is 14.7 Å². The van der Waals surface area contributed by atoms with E-state index in [2.05, 4.69) is 11.2 Å². The molecule has 2 aromatic rings. The summed E-state index contributed by atoms with van der Waals surface area (Å²) < 4.78 is 1.85. The Morgan fingerprint density at radius 2 is 2.32 bits per heavy atom. The summed E-state index contributed by atoms with van der Waals surface area (Å²) in [6, 6.07) is 7.96. The minimum Gasteiger partial charge on any atom is -0.342 e. The molecule has 1 saturated heterocycles. The lowest BCUT2D eigenvalue weighted by Gasteiger charge is -2.16. The Balaban J connectivity index is 1.61. The summed E-state index contributed by atoms with van der Waals surface area (Å²) in [5, 5.41) is 4.98. The number of rotatable bonds is 4. The minimum atomic E-state index is 0.181. The maximum Gasteiger partial charge on any atom is 0.227 e. The van der Waals surface area contributed by atoms with Gasteiger partial charge in [0.2, 0.25) is 5.91 Å². The molecule has 4 nitrogen and oxygen atoms in total. The second-order valence-electron chi connectivity index (χ2n) is 5.76. The molecule has 1 aromatic carbocycles. The Morgan fingerprint density at radius 1 is 1.45 bits per heavy atom. The van der Waals surface area contributed by atoms with Crippen molar-refractivity contribution < 1.29 is 4.79 Å². The van der Waals surface area contributed by atoms with Crippen LogP contribution in [-0.2, 0) is 17.8 Å². The standard InChI is InChI=1S/C17H20ClN3O/c1-2-21-11-13(10-19-21)8-17(22)20-7-6-15(12-20)14-4-3-5-16(18)9-14/h3-5,9-11,15H,2,6-8,12H2,1H3. The lowest BCUT2D eigenvalue weighted by molar-refractivity contribution is -0.129. The van der Waals surface area contributed by atoms with Crippen molar-refractivity contribution in [2.24, 2.45) is 0 Å². The second kappa shape index (κ2) is 6.53. The molecule has 1 aliphatic heterocycles. The van der Waals surface area contributed by atoms with Crippen molar-refractivity contribution >= 4 is 17.5 Å². The summed E-state index contributed by atoms with van der Waals surface area (Å²) in [6.45, 7) is 4.46. The topological polar surface area (TPSA) is 38.1 Å². The first-order chi connectivity index (χ1) is 10.7. The largest absolute Gasteiger partial charge is 0.342 e. The zero-order chi connectivity index (χ0) is 15.5. The van der Waals surface area contributed by atoms with Crippen LogP contribution in [0, 0.1) is 0 Å². The van der Waals surface area contributed by atoms with Gasteiger partial charge in [-0.1, -0.05) is 23.7 Å². The monoisotopic (exact) mass is 317 g/mol. The number of hydrogen-bond donors (Lipinski definition) is 0. The number of likely N-dealkylation sites (tertiary alicyclic amines) is 1. The van der Waals surface area contributed by atoms with Crippen LogP contribution in [0.25, 0.3) is 0 Å². The maximum absolute atomic E-state index is 12.4. The highest BCUT2D eigenvalue weighted by Gasteiger charge is 2.27. The molecule has 2 heterocycles. The van der Waals surface area contributed by atoms with Gasteiger partial charge in [0.15, 0.2) is 0 Å². The highest BCUT2D eigenvalue weighted by atomic mass is 35.5. The number of aryl methyl sites for hydroxylation is 1. The highest BCUT2D eigenvalue weighted by Crippen LogP contribution is 2.29. The summed E-state index contributed by atoms with van der Waals surface area (Å²) >= 11 is 6.06. The first-order valence-corrected chi connectivity index (χ1v) is 8.08. The van der Waals surface area contributed by atoms with E-state index in [1.807, 2.05) is 40.9 Å². The molecule has 1 fully saturated rings. The zero-order valence-electron chi connectivity index (χ0n) is 12.7. The Hall–Kier alpha value is -1.81. The van der Waals surface area contributed by atoms with Crippen LogP contribution < -0.4 is 0 Å². The van der Waals surface area contributed by atoms with Gasteiger partial charge < -0.3 is 4.90 Å². The van der Waals surface area contributed by atoms with Gasteiger partial charge in [-0.3, -0.25) is 9.48 Å². The molecule has 0 saturated carbocycles. The number of hydrogen-bond acceptors (Lipinski definition) is 2. The fraction of sp³-hybridized carbons (Fsp3) is 0.412. The van der Waals surface area contributed by atoms with E-state index in [1.54, 1.807) is 6.20 Å². The van der Waals surface area contributed by atoms with Gasteiger partial charge in [-0.25, -0.2) is 0 Å². The third kappa shape index (κ3) is 3.33. The molecule has 1 atom stereocenters. The molecule has 1 aliphatic rings. The van der Waals surface area contributed by atoms with Crippen LogP contribution >= 0.6 is 11.6 Å². The number of amides is 1. The average Bonchev–Trinajstić information content (AvgIpc) is 3.16. The number of carbonyl (C=O) groups is 1. The lowest BCUT2D eigenvalue weighted by Crippen LogP contribution is -2.29. The van der Waals surface area contributed by atoms with Crippen LogP contribution in [0.5, 0.6) is 0 Å². The highest BCUT2D eigenvalue weighted by molar-refractivity contribution is 6.30. The minimum absolute atomic E-state index is 0.181. The van der Waals surface area contributed by atoms with Crippen molar-refractivity contribution in [3.8, 4) is 0 Å². The first-order valence-electron chi connectivity index (χ1n) is 7.70. The Bertz CT molecular complexity index is 667. The van der Waals surface area contributed by atoms with E-state index in [4.69, 9.17) is 11.6 Å². The molecule has 5 heteroatoms. The quantitative estimate of drug-likeness (QED) is 0.869. The Labute approximate surface area is 135 Å². The third-order valence-electron chi connectivity index (χ3n) is 4.23. The van der Waals surface area contributed by atoms with Gasteiger partial charge in [-0.05, 0) is 36.6 Å². The van der Waals surface area contributed by atoms with E-state index in [1.165, 1.54) is 5.56 Å². The number of halogens is 1. The van der Waals surface area contributed by atoms with Gasteiger partial charge in [-0.15, -0.1) is 0 Å². The average molecular weight is 318 g/mol. The normalized spacial score (nSPS) is 17.9. The lowest BCUT2D eigenvalue weighted by atomic mass is 9.99. The van der Waals surface area contributed by atoms with E-state index in [0.717, 1.165) is 36.6 Å². The molecule has 0 aliphatic carbocycles. The fourth-order valence-electron chi connectivity index (χ4n) is 2.98. The third-order valence-corrected chi connectivity index (χ3v) is 4.46. The van der Waals surface area contributed by atoms with Gasteiger partial charge in [-0.2, -0.15) is 5.10 Å². The summed E-state index contributed by atoms with van der Waals surface area (Å²) in [7, 11) is 0. The van der Waals surface area contributed by atoms with Gasteiger partial charge >= 0.3 is 0 Å². The molecule has 0 radical (unpaired) electrons. The van der Waals surface area contributed by atoms with Gasteiger partial charge in [0.25, 0.3) is 0 Å². The number of benzene rings is 1. The van der Waals surface area contributed by atoms with Crippen molar-refractivity contribution in [2.75, 3.05) is 13.1 Å². The van der Waals surface area contributed by atoms with Crippen molar-refractivity contribution in [2.45, 2.75) is 32.2 Å². The molecule has 0 spiro atoms.